The number of hydrogen-bond donors (Lipinski definition) is 2. The van der Waals surface area contributed by atoms with Crippen LogP contribution in [-0.2, 0) is 9.63 Å². The highest BCUT2D eigenvalue weighted by Gasteiger charge is 1.96. The molecule has 4 nitrogen and oxygen atoms in total. The standard InChI is InChI=1S/C23H44N2O2/c1-3-5-6-7-8-9-10-11-12-13-14-15-16-17-18-19-20-21-22-24-25-27-23(26)4-2/h3-4,24-25H,1-2,5-22H2. The van der Waals surface area contributed by atoms with Gasteiger partial charge in [0.15, 0.2) is 0 Å². The van der Waals surface area contributed by atoms with E-state index in [1.54, 1.807) is 0 Å². The van der Waals surface area contributed by atoms with E-state index in [0.29, 0.717) is 0 Å². The van der Waals surface area contributed by atoms with E-state index in [0.717, 1.165) is 19.0 Å². The Bertz CT molecular complexity index is 345. The van der Waals surface area contributed by atoms with Crippen LogP contribution in [0.3, 0.4) is 0 Å². The van der Waals surface area contributed by atoms with Crippen molar-refractivity contribution in [3.63, 3.8) is 0 Å². The Hall–Kier alpha value is -1.13. The third-order valence-electron chi connectivity index (χ3n) is 4.85. The normalized spacial score (nSPS) is 10.7. The fourth-order valence-corrected chi connectivity index (χ4v) is 3.16. The highest BCUT2D eigenvalue weighted by Crippen LogP contribution is 2.13. The van der Waals surface area contributed by atoms with Crippen molar-refractivity contribution in [1.82, 2.24) is 11.0 Å². The van der Waals surface area contributed by atoms with E-state index in [2.05, 4.69) is 29.0 Å². The third kappa shape index (κ3) is 22.8. The molecule has 0 bridgehead atoms. The first kappa shape index (κ1) is 25.9. The van der Waals surface area contributed by atoms with Crippen LogP contribution in [0.5, 0.6) is 0 Å². The maximum atomic E-state index is 10.8. The van der Waals surface area contributed by atoms with E-state index in [9.17, 15) is 4.79 Å². The van der Waals surface area contributed by atoms with Gasteiger partial charge in [0.1, 0.15) is 0 Å². The second-order valence-corrected chi connectivity index (χ2v) is 7.39. The molecule has 0 aliphatic heterocycles. The minimum absolute atomic E-state index is 0.475. The third-order valence-corrected chi connectivity index (χ3v) is 4.85. The van der Waals surface area contributed by atoms with Gasteiger partial charge in [-0.1, -0.05) is 108 Å². The van der Waals surface area contributed by atoms with Gasteiger partial charge < -0.3 is 4.84 Å². The lowest BCUT2D eigenvalue weighted by molar-refractivity contribution is -0.147. The summed E-state index contributed by atoms with van der Waals surface area (Å²) in [4.78, 5) is 15.4. The number of carbonyl (C=O) groups excluding carboxylic acids is 1. The zero-order valence-electron chi connectivity index (χ0n) is 17.6. The molecule has 0 aromatic rings. The van der Waals surface area contributed by atoms with Crippen LogP contribution in [-0.4, -0.2) is 12.5 Å². The maximum Gasteiger partial charge on any atom is 0.350 e. The van der Waals surface area contributed by atoms with Crippen LogP contribution in [0.15, 0.2) is 25.3 Å². The van der Waals surface area contributed by atoms with E-state index in [1.807, 2.05) is 6.08 Å². The molecule has 0 amide bonds. The number of rotatable bonds is 22. The summed E-state index contributed by atoms with van der Waals surface area (Å²) < 4.78 is 0. The lowest BCUT2D eigenvalue weighted by Gasteiger charge is -2.06. The molecule has 0 aliphatic rings. The first-order valence-corrected chi connectivity index (χ1v) is 11.2. The summed E-state index contributed by atoms with van der Waals surface area (Å²) in [6.45, 7) is 7.89. The van der Waals surface area contributed by atoms with Crippen LogP contribution in [0, 0.1) is 0 Å². The van der Waals surface area contributed by atoms with Crippen LogP contribution in [0.2, 0.25) is 0 Å². The fraction of sp³-hybridized carbons (Fsp3) is 0.783. The number of allylic oxidation sites excluding steroid dienone is 1. The van der Waals surface area contributed by atoms with Gasteiger partial charge in [0.25, 0.3) is 0 Å². The van der Waals surface area contributed by atoms with Crippen LogP contribution < -0.4 is 11.0 Å². The summed E-state index contributed by atoms with van der Waals surface area (Å²) >= 11 is 0. The summed E-state index contributed by atoms with van der Waals surface area (Å²) in [6.07, 6.45) is 26.1. The van der Waals surface area contributed by atoms with E-state index in [4.69, 9.17) is 0 Å². The number of unbranched alkanes of at least 4 members (excludes halogenated alkanes) is 16. The molecule has 4 heteroatoms. The van der Waals surface area contributed by atoms with Crippen molar-refractivity contribution in [2.45, 2.75) is 109 Å². The van der Waals surface area contributed by atoms with Gasteiger partial charge in [0.05, 0.1) is 0 Å². The smallest absolute Gasteiger partial charge is 0.350 e. The van der Waals surface area contributed by atoms with Gasteiger partial charge in [-0.15, -0.1) is 6.58 Å². The minimum Gasteiger partial charge on any atom is -0.352 e. The van der Waals surface area contributed by atoms with E-state index < -0.39 is 5.97 Å². The average molecular weight is 381 g/mol. The summed E-state index contributed by atoms with van der Waals surface area (Å²) in [6, 6.07) is 0. The van der Waals surface area contributed by atoms with Crippen molar-refractivity contribution in [3.8, 4) is 0 Å². The molecule has 0 radical (unpaired) electrons. The molecule has 0 spiro atoms. The molecule has 158 valence electrons. The second kappa shape index (κ2) is 22.9. The summed E-state index contributed by atoms with van der Waals surface area (Å²) in [5.41, 5.74) is 5.28. The minimum atomic E-state index is -0.475. The van der Waals surface area contributed by atoms with Gasteiger partial charge in [0.2, 0.25) is 0 Å². The molecule has 0 aromatic heterocycles. The maximum absolute atomic E-state index is 10.8. The molecule has 0 aliphatic carbocycles. The van der Waals surface area contributed by atoms with Gasteiger partial charge in [-0.3, -0.25) is 0 Å². The first-order chi connectivity index (χ1) is 13.3. The monoisotopic (exact) mass is 380 g/mol. The van der Waals surface area contributed by atoms with Crippen molar-refractivity contribution >= 4 is 5.97 Å². The molecule has 2 N–H and O–H groups in total. The predicted octanol–water partition coefficient (Wildman–Crippen LogP) is 6.54. The predicted molar refractivity (Wildman–Crippen MR) is 116 cm³/mol. The summed E-state index contributed by atoms with van der Waals surface area (Å²) in [5, 5.41) is 0. The number of hydrazine groups is 1. The van der Waals surface area contributed by atoms with Gasteiger partial charge in [0, 0.05) is 12.6 Å². The van der Waals surface area contributed by atoms with Crippen LogP contribution >= 0.6 is 0 Å². The van der Waals surface area contributed by atoms with Crippen molar-refractivity contribution in [2.75, 3.05) is 6.54 Å². The number of nitrogens with one attached hydrogen (secondary N) is 2. The number of hydrogen-bond acceptors (Lipinski definition) is 4. The lowest BCUT2D eigenvalue weighted by Crippen LogP contribution is -2.34. The van der Waals surface area contributed by atoms with E-state index in [-0.39, 0.29) is 0 Å². The molecular formula is C23H44N2O2. The van der Waals surface area contributed by atoms with Crippen molar-refractivity contribution in [3.05, 3.63) is 25.3 Å². The highest BCUT2D eigenvalue weighted by atomic mass is 16.7. The molecule has 0 atom stereocenters. The fourth-order valence-electron chi connectivity index (χ4n) is 3.16. The van der Waals surface area contributed by atoms with Gasteiger partial charge in [-0.2, -0.15) is 0 Å². The van der Waals surface area contributed by atoms with Crippen molar-refractivity contribution < 1.29 is 9.63 Å². The van der Waals surface area contributed by atoms with Gasteiger partial charge in [-0.25, -0.2) is 10.2 Å². The van der Waals surface area contributed by atoms with E-state index >= 15 is 0 Å². The molecule has 0 saturated carbocycles. The largest absolute Gasteiger partial charge is 0.352 e. The Morgan fingerprint density at radius 1 is 0.667 bits per heavy atom. The second-order valence-electron chi connectivity index (χ2n) is 7.39. The van der Waals surface area contributed by atoms with Crippen LogP contribution in [0.25, 0.3) is 0 Å². The Kier molecular flexibility index (Phi) is 22.0. The average Bonchev–Trinajstić information content (AvgIpc) is 2.68. The zero-order chi connectivity index (χ0) is 19.8. The molecule has 0 aromatic carbocycles. The molecule has 0 saturated heterocycles. The Labute approximate surface area is 168 Å². The molecule has 0 heterocycles. The lowest BCUT2D eigenvalue weighted by atomic mass is 10.0. The van der Waals surface area contributed by atoms with Gasteiger partial charge >= 0.3 is 5.97 Å². The number of carbonyl (C=O) groups is 1. The molecule has 27 heavy (non-hydrogen) atoms. The van der Waals surface area contributed by atoms with Crippen LogP contribution in [0.1, 0.15) is 109 Å². The Morgan fingerprint density at radius 3 is 1.48 bits per heavy atom. The quantitative estimate of drug-likeness (QED) is 0.0968. The SMILES string of the molecule is C=CCCCCCCCCCCCCCCCCCCNNOC(=O)C=C. The highest BCUT2D eigenvalue weighted by molar-refractivity contribution is 5.80. The summed E-state index contributed by atoms with van der Waals surface area (Å²) in [5.74, 6) is -0.475. The molecule has 0 rings (SSSR count). The molecular weight excluding hydrogens is 336 g/mol. The molecule has 0 fully saturated rings. The van der Waals surface area contributed by atoms with Gasteiger partial charge in [-0.05, 0) is 19.3 Å². The first-order valence-electron chi connectivity index (χ1n) is 11.2. The summed E-state index contributed by atoms with van der Waals surface area (Å²) in [7, 11) is 0. The Morgan fingerprint density at radius 2 is 1.07 bits per heavy atom. The topological polar surface area (TPSA) is 50.4 Å². The van der Waals surface area contributed by atoms with Crippen molar-refractivity contribution in [2.24, 2.45) is 0 Å². The van der Waals surface area contributed by atoms with Crippen LogP contribution in [0.4, 0.5) is 0 Å². The zero-order valence-corrected chi connectivity index (χ0v) is 17.6. The van der Waals surface area contributed by atoms with Crippen molar-refractivity contribution in [1.29, 1.82) is 0 Å². The Balaban J connectivity index is 3.02. The molecule has 0 unspecified atom stereocenters. The van der Waals surface area contributed by atoms with E-state index in [1.165, 1.54) is 103 Å².